The molecule has 1 aromatic heterocycles. The number of H-pyrrole nitrogens is 1. The summed E-state index contributed by atoms with van der Waals surface area (Å²) in [4.78, 5) is 3.38. The molecule has 1 heterocycles. The molecular weight excluding hydrogens is 264 g/mol. The zero-order chi connectivity index (χ0) is 14.1. The van der Waals surface area contributed by atoms with Crippen molar-refractivity contribution < 1.29 is 0 Å². The summed E-state index contributed by atoms with van der Waals surface area (Å²) in [7, 11) is 0. The molecule has 1 N–H and O–H groups in total. The first kappa shape index (κ1) is 13.9. The van der Waals surface area contributed by atoms with E-state index >= 15 is 0 Å². The highest BCUT2D eigenvalue weighted by Gasteiger charge is 2.23. The molecule has 0 spiro atoms. The number of aryl methyl sites for hydroxylation is 1. The minimum absolute atomic E-state index is 0.590. The van der Waals surface area contributed by atoms with E-state index in [1.165, 1.54) is 55.1 Å². The molecule has 0 atom stereocenters. The fourth-order valence-corrected chi connectivity index (χ4v) is 4.06. The van der Waals surface area contributed by atoms with Gasteiger partial charge in [-0.25, -0.2) is 0 Å². The molecule has 20 heavy (non-hydrogen) atoms. The Hall–Kier alpha value is -1.09. The Morgan fingerprint density at radius 3 is 2.70 bits per heavy atom. The van der Waals surface area contributed by atoms with Crippen molar-refractivity contribution in [1.82, 2.24) is 9.55 Å². The molecule has 0 amide bonds. The van der Waals surface area contributed by atoms with Crippen LogP contribution in [0, 0.1) is 17.6 Å². The van der Waals surface area contributed by atoms with Crippen molar-refractivity contribution >= 4 is 23.3 Å². The molecular formula is C17H24N2S. The molecule has 0 aliphatic heterocycles. The van der Waals surface area contributed by atoms with Crippen LogP contribution >= 0.6 is 12.2 Å². The highest BCUT2D eigenvalue weighted by Crippen LogP contribution is 2.36. The highest BCUT2D eigenvalue weighted by molar-refractivity contribution is 7.71. The van der Waals surface area contributed by atoms with Gasteiger partial charge in [-0.15, -0.1) is 0 Å². The quantitative estimate of drug-likeness (QED) is 0.735. The molecule has 0 bridgehead atoms. The van der Waals surface area contributed by atoms with Gasteiger partial charge in [0.25, 0.3) is 0 Å². The summed E-state index contributed by atoms with van der Waals surface area (Å²) in [5.74, 6) is 0.942. The monoisotopic (exact) mass is 288 g/mol. The van der Waals surface area contributed by atoms with E-state index in [9.17, 15) is 0 Å². The van der Waals surface area contributed by atoms with E-state index in [-0.39, 0.29) is 0 Å². The zero-order valence-corrected chi connectivity index (χ0v) is 13.3. The Bertz CT molecular complexity index is 645. The summed E-state index contributed by atoms with van der Waals surface area (Å²) in [6, 6.07) is 7.19. The first-order valence-corrected chi connectivity index (χ1v) is 8.30. The largest absolute Gasteiger partial charge is 0.331 e. The maximum atomic E-state index is 5.57. The van der Waals surface area contributed by atoms with Crippen LogP contribution in [0.2, 0.25) is 0 Å². The number of nitrogens with zero attached hydrogens (tertiary/aromatic N) is 1. The zero-order valence-electron chi connectivity index (χ0n) is 12.5. The molecule has 1 aliphatic carbocycles. The van der Waals surface area contributed by atoms with Crippen molar-refractivity contribution in [3.8, 4) is 0 Å². The summed E-state index contributed by atoms with van der Waals surface area (Å²) < 4.78 is 3.26. The number of benzene rings is 1. The van der Waals surface area contributed by atoms with Gasteiger partial charge in [0.1, 0.15) is 0 Å². The van der Waals surface area contributed by atoms with Crippen molar-refractivity contribution in [2.45, 2.75) is 58.4 Å². The van der Waals surface area contributed by atoms with E-state index < -0.39 is 0 Å². The molecule has 2 aromatic rings. The lowest BCUT2D eigenvalue weighted by atomic mass is 9.83. The van der Waals surface area contributed by atoms with Crippen molar-refractivity contribution in [1.29, 1.82) is 0 Å². The number of rotatable bonds is 3. The fraction of sp³-hybridized carbons (Fsp3) is 0.588. The second-order valence-electron chi connectivity index (χ2n) is 6.28. The lowest BCUT2D eigenvalue weighted by Gasteiger charge is -2.29. The maximum absolute atomic E-state index is 5.57. The Labute approximate surface area is 126 Å². The van der Waals surface area contributed by atoms with Gasteiger partial charge in [0, 0.05) is 6.04 Å². The second kappa shape index (κ2) is 5.72. The lowest BCUT2D eigenvalue weighted by Crippen LogP contribution is -2.18. The van der Waals surface area contributed by atoms with Crippen LogP contribution in [0.1, 0.15) is 57.1 Å². The van der Waals surface area contributed by atoms with Gasteiger partial charge < -0.3 is 9.55 Å². The van der Waals surface area contributed by atoms with Crippen LogP contribution in [0.3, 0.4) is 0 Å². The Morgan fingerprint density at radius 2 is 2.00 bits per heavy atom. The molecule has 0 unspecified atom stereocenters. The molecule has 1 aliphatic rings. The molecule has 0 saturated heterocycles. The van der Waals surface area contributed by atoms with E-state index in [2.05, 4.69) is 41.6 Å². The van der Waals surface area contributed by atoms with Crippen molar-refractivity contribution in [2.75, 3.05) is 0 Å². The van der Waals surface area contributed by atoms with Gasteiger partial charge in [-0.1, -0.05) is 25.8 Å². The van der Waals surface area contributed by atoms with Gasteiger partial charge in [0.2, 0.25) is 0 Å². The number of nitrogens with one attached hydrogen (secondary N) is 1. The standard InChI is InChI=1S/C17H24N2S/c1-3-4-13-6-8-14(9-7-13)19-16-10-5-12(2)11-15(16)18-17(19)20/h5,10-11,13-14H,3-4,6-9H2,1-2H3,(H,18,20). The number of hydrogen-bond donors (Lipinski definition) is 1. The molecule has 1 aromatic carbocycles. The van der Waals surface area contributed by atoms with Crippen LogP contribution in [0.15, 0.2) is 18.2 Å². The van der Waals surface area contributed by atoms with E-state index in [4.69, 9.17) is 12.2 Å². The first-order chi connectivity index (χ1) is 9.69. The van der Waals surface area contributed by atoms with Gasteiger partial charge in [-0.05, 0) is 68.4 Å². The third-order valence-electron chi connectivity index (χ3n) is 4.75. The number of imidazole rings is 1. The summed E-state index contributed by atoms with van der Waals surface area (Å²) in [6.07, 6.45) is 7.99. The van der Waals surface area contributed by atoms with E-state index in [1.54, 1.807) is 0 Å². The summed E-state index contributed by atoms with van der Waals surface area (Å²) in [6.45, 7) is 4.42. The minimum Gasteiger partial charge on any atom is -0.331 e. The molecule has 1 saturated carbocycles. The highest BCUT2D eigenvalue weighted by atomic mass is 32.1. The van der Waals surface area contributed by atoms with Gasteiger partial charge in [0.15, 0.2) is 4.77 Å². The maximum Gasteiger partial charge on any atom is 0.178 e. The van der Waals surface area contributed by atoms with Crippen LogP contribution in [-0.4, -0.2) is 9.55 Å². The third kappa shape index (κ3) is 2.56. The molecule has 2 nitrogen and oxygen atoms in total. The summed E-state index contributed by atoms with van der Waals surface area (Å²) >= 11 is 5.57. The molecule has 1 fully saturated rings. The lowest BCUT2D eigenvalue weighted by molar-refractivity contribution is 0.264. The van der Waals surface area contributed by atoms with Crippen LogP contribution in [0.4, 0.5) is 0 Å². The van der Waals surface area contributed by atoms with Crippen LogP contribution < -0.4 is 0 Å². The van der Waals surface area contributed by atoms with Gasteiger partial charge in [-0.3, -0.25) is 0 Å². The predicted octanol–water partition coefficient (Wildman–Crippen LogP) is 5.54. The Kier molecular flexibility index (Phi) is 3.97. The average Bonchev–Trinajstić information content (AvgIpc) is 2.75. The van der Waals surface area contributed by atoms with Crippen molar-refractivity contribution in [3.05, 3.63) is 28.5 Å². The molecule has 3 heteroatoms. The molecule has 0 radical (unpaired) electrons. The van der Waals surface area contributed by atoms with Crippen molar-refractivity contribution in [2.24, 2.45) is 5.92 Å². The third-order valence-corrected chi connectivity index (χ3v) is 5.05. The van der Waals surface area contributed by atoms with E-state index in [0.717, 1.165) is 10.7 Å². The Balaban J connectivity index is 1.88. The predicted molar refractivity (Wildman–Crippen MR) is 87.8 cm³/mol. The normalized spacial score (nSPS) is 23.3. The number of hydrogen-bond acceptors (Lipinski definition) is 1. The van der Waals surface area contributed by atoms with Gasteiger partial charge in [0.05, 0.1) is 11.0 Å². The molecule has 108 valence electrons. The average molecular weight is 288 g/mol. The van der Waals surface area contributed by atoms with E-state index in [1.807, 2.05) is 0 Å². The van der Waals surface area contributed by atoms with Crippen LogP contribution in [0.25, 0.3) is 11.0 Å². The smallest absolute Gasteiger partial charge is 0.178 e. The van der Waals surface area contributed by atoms with Crippen molar-refractivity contribution in [3.63, 3.8) is 0 Å². The Morgan fingerprint density at radius 1 is 1.25 bits per heavy atom. The number of aromatic amines is 1. The minimum atomic E-state index is 0.590. The van der Waals surface area contributed by atoms with Crippen LogP contribution in [-0.2, 0) is 0 Å². The fourth-order valence-electron chi connectivity index (χ4n) is 3.71. The van der Waals surface area contributed by atoms with Gasteiger partial charge in [-0.2, -0.15) is 0 Å². The SMILES string of the molecule is CCCC1CCC(n2c(=S)[nH]c3cc(C)ccc32)CC1. The van der Waals surface area contributed by atoms with E-state index in [0.29, 0.717) is 6.04 Å². The summed E-state index contributed by atoms with van der Waals surface area (Å²) in [5.41, 5.74) is 3.75. The second-order valence-corrected chi connectivity index (χ2v) is 6.67. The molecule has 3 rings (SSSR count). The number of aromatic nitrogens is 2. The number of fused-ring (bicyclic) bond motifs is 1. The van der Waals surface area contributed by atoms with Gasteiger partial charge >= 0.3 is 0 Å². The summed E-state index contributed by atoms with van der Waals surface area (Å²) in [5, 5.41) is 0. The van der Waals surface area contributed by atoms with Crippen LogP contribution in [0.5, 0.6) is 0 Å². The first-order valence-electron chi connectivity index (χ1n) is 7.90. The topological polar surface area (TPSA) is 20.7 Å².